The highest BCUT2D eigenvalue weighted by atomic mass is 32.1. The molecule has 0 saturated heterocycles. The maximum atomic E-state index is 5.16. The van der Waals surface area contributed by atoms with Crippen LogP contribution in [0.15, 0.2) is 54.6 Å². The first kappa shape index (κ1) is 14.6. The molecule has 4 aromatic rings. The highest BCUT2D eigenvalue weighted by molar-refractivity contribution is 7.17. The summed E-state index contributed by atoms with van der Waals surface area (Å²) in [5.41, 5.74) is 2.09. The van der Waals surface area contributed by atoms with E-state index in [0.29, 0.717) is 0 Å². The van der Waals surface area contributed by atoms with Crippen molar-refractivity contribution in [2.45, 2.75) is 0 Å². The predicted molar refractivity (Wildman–Crippen MR) is 96.0 cm³/mol. The van der Waals surface area contributed by atoms with Gasteiger partial charge in [-0.2, -0.15) is 9.61 Å². The van der Waals surface area contributed by atoms with Crippen LogP contribution in [-0.2, 0) is 0 Å². The van der Waals surface area contributed by atoms with E-state index in [4.69, 9.17) is 4.74 Å². The lowest BCUT2D eigenvalue weighted by atomic mass is 10.2. The van der Waals surface area contributed by atoms with Crippen LogP contribution < -0.4 is 4.74 Å². The fourth-order valence-corrected chi connectivity index (χ4v) is 3.09. The second-order valence-electron chi connectivity index (χ2n) is 5.13. The summed E-state index contributed by atoms with van der Waals surface area (Å²) in [4.78, 5) is 0.781. The Morgan fingerprint density at radius 1 is 0.958 bits per heavy atom. The van der Waals surface area contributed by atoms with Gasteiger partial charge in [0, 0.05) is 5.56 Å². The average Bonchev–Trinajstić information content (AvgIpc) is 3.21. The van der Waals surface area contributed by atoms with Crippen molar-refractivity contribution in [2.24, 2.45) is 0 Å². The topological polar surface area (TPSA) is 52.3 Å². The van der Waals surface area contributed by atoms with Gasteiger partial charge >= 0.3 is 0 Å². The van der Waals surface area contributed by atoms with Crippen molar-refractivity contribution >= 4 is 28.4 Å². The van der Waals surface area contributed by atoms with Gasteiger partial charge in [-0.05, 0) is 23.8 Å². The minimum atomic E-state index is 0.756. The maximum absolute atomic E-state index is 5.16. The zero-order valence-corrected chi connectivity index (χ0v) is 13.8. The van der Waals surface area contributed by atoms with Crippen molar-refractivity contribution in [3.05, 3.63) is 65.2 Å². The fraction of sp³-hybridized carbons (Fsp3) is 0.0556. The van der Waals surface area contributed by atoms with E-state index in [2.05, 4.69) is 15.3 Å². The molecule has 0 unspecified atom stereocenters. The third kappa shape index (κ3) is 2.79. The molecule has 0 N–H and O–H groups in total. The summed E-state index contributed by atoms with van der Waals surface area (Å²) in [6, 6.07) is 17.8. The largest absolute Gasteiger partial charge is 0.497 e. The predicted octanol–water partition coefficient (Wildman–Crippen LogP) is 4.03. The molecule has 118 valence electrons. The van der Waals surface area contributed by atoms with Gasteiger partial charge in [-0.25, -0.2) is 0 Å². The highest BCUT2D eigenvalue weighted by Gasteiger charge is 2.11. The van der Waals surface area contributed by atoms with Crippen molar-refractivity contribution < 1.29 is 4.74 Å². The van der Waals surface area contributed by atoms with Crippen LogP contribution in [-0.4, -0.2) is 26.9 Å². The minimum absolute atomic E-state index is 0.756. The van der Waals surface area contributed by atoms with Gasteiger partial charge in [-0.15, -0.1) is 10.2 Å². The van der Waals surface area contributed by atoms with Gasteiger partial charge in [0.1, 0.15) is 10.8 Å². The number of rotatable bonds is 4. The van der Waals surface area contributed by atoms with Crippen LogP contribution in [0.1, 0.15) is 10.6 Å². The van der Waals surface area contributed by atoms with E-state index in [-0.39, 0.29) is 0 Å². The summed E-state index contributed by atoms with van der Waals surface area (Å²) in [6.45, 7) is 0. The number of hydrogen-bond donors (Lipinski definition) is 0. The van der Waals surface area contributed by atoms with E-state index in [0.717, 1.165) is 32.7 Å². The van der Waals surface area contributed by atoms with Gasteiger partial charge in [0.25, 0.3) is 0 Å². The summed E-state index contributed by atoms with van der Waals surface area (Å²) >= 11 is 1.51. The maximum Gasteiger partial charge on any atom is 0.235 e. The monoisotopic (exact) mass is 334 g/mol. The van der Waals surface area contributed by atoms with Crippen LogP contribution >= 0.6 is 11.3 Å². The first-order valence-corrected chi connectivity index (χ1v) is 8.25. The molecule has 2 aromatic carbocycles. The Bertz CT molecular complexity index is 987. The number of methoxy groups -OCH3 is 1. The Labute approximate surface area is 142 Å². The Balaban J connectivity index is 1.63. The van der Waals surface area contributed by atoms with Crippen LogP contribution in [0.3, 0.4) is 0 Å². The molecule has 5 nitrogen and oxygen atoms in total. The first-order chi connectivity index (χ1) is 11.8. The zero-order valence-electron chi connectivity index (χ0n) is 13.0. The third-order valence-corrected chi connectivity index (χ3v) is 4.44. The molecule has 6 heteroatoms. The standard InChI is InChI=1S/C18H14N4OS/c1-23-15-10-7-13(8-11-15)9-12-16-21-22-17(19-20-18(22)24-16)14-5-3-2-4-6-14/h2-12H,1H3/b12-9+. The highest BCUT2D eigenvalue weighted by Crippen LogP contribution is 2.22. The van der Waals surface area contributed by atoms with Crippen molar-refractivity contribution in [3.8, 4) is 17.1 Å². The number of fused-ring (bicyclic) bond motifs is 1. The van der Waals surface area contributed by atoms with E-state index in [9.17, 15) is 0 Å². The minimum Gasteiger partial charge on any atom is -0.497 e. The normalized spacial score (nSPS) is 11.4. The molecule has 0 spiro atoms. The Morgan fingerprint density at radius 3 is 2.50 bits per heavy atom. The molecule has 24 heavy (non-hydrogen) atoms. The summed E-state index contributed by atoms with van der Waals surface area (Å²) in [5.74, 6) is 1.60. The molecule has 2 aromatic heterocycles. The molecular weight excluding hydrogens is 320 g/mol. The quantitative estimate of drug-likeness (QED) is 0.565. The summed E-state index contributed by atoms with van der Waals surface area (Å²) in [5, 5.41) is 13.9. The van der Waals surface area contributed by atoms with Gasteiger partial charge in [0.15, 0.2) is 5.82 Å². The number of aromatic nitrogens is 4. The second-order valence-corrected chi connectivity index (χ2v) is 6.12. The van der Waals surface area contributed by atoms with Crippen LogP contribution in [0.2, 0.25) is 0 Å². The van der Waals surface area contributed by atoms with Crippen LogP contribution in [0.25, 0.3) is 28.5 Å². The zero-order chi connectivity index (χ0) is 16.4. The average molecular weight is 334 g/mol. The Kier molecular flexibility index (Phi) is 3.80. The van der Waals surface area contributed by atoms with Crippen LogP contribution in [0.5, 0.6) is 5.75 Å². The number of nitrogens with zero attached hydrogens (tertiary/aromatic N) is 4. The SMILES string of the molecule is COc1ccc(/C=C/c2nn3c(-c4ccccc4)nnc3s2)cc1. The molecule has 4 rings (SSSR count). The Hall–Kier alpha value is -2.99. The van der Waals surface area contributed by atoms with Gasteiger partial charge in [0.05, 0.1) is 7.11 Å². The van der Waals surface area contributed by atoms with Crippen molar-refractivity contribution in [1.29, 1.82) is 0 Å². The molecule has 0 saturated carbocycles. The molecule has 0 radical (unpaired) electrons. The number of hydrogen-bond acceptors (Lipinski definition) is 5. The van der Waals surface area contributed by atoms with Crippen molar-refractivity contribution in [2.75, 3.05) is 7.11 Å². The number of benzene rings is 2. The van der Waals surface area contributed by atoms with Crippen LogP contribution in [0.4, 0.5) is 0 Å². The summed E-state index contributed by atoms with van der Waals surface area (Å²) in [6.07, 6.45) is 4.00. The molecule has 0 aliphatic rings. The van der Waals surface area contributed by atoms with Crippen molar-refractivity contribution in [1.82, 2.24) is 19.8 Å². The summed E-state index contributed by atoms with van der Waals surface area (Å²) in [7, 11) is 1.66. The van der Waals surface area contributed by atoms with E-state index in [1.165, 1.54) is 11.3 Å². The number of ether oxygens (including phenoxy) is 1. The Morgan fingerprint density at radius 2 is 1.75 bits per heavy atom. The van der Waals surface area contributed by atoms with Crippen molar-refractivity contribution in [3.63, 3.8) is 0 Å². The van der Waals surface area contributed by atoms with E-state index >= 15 is 0 Å². The van der Waals surface area contributed by atoms with Gasteiger partial charge in [-0.1, -0.05) is 59.9 Å². The molecule has 0 amide bonds. The molecule has 0 bridgehead atoms. The lowest BCUT2D eigenvalue weighted by molar-refractivity contribution is 0.415. The lowest BCUT2D eigenvalue weighted by Gasteiger charge is -1.98. The summed E-state index contributed by atoms with van der Waals surface area (Å²) < 4.78 is 6.95. The smallest absolute Gasteiger partial charge is 0.235 e. The fourth-order valence-electron chi connectivity index (χ4n) is 2.35. The molecule has 0 fully saturated rings. The van der Waals surface area contributed by atoms with Gasteiger partial charge in [-0.3, -0.25) is 0 Å². The molecule has 0 atom stereocenters. The molecule has 0 aliphatic carbocycles. The third-order valence-electron chi connectivity index (χ3n) is 3.57. The van der Waals surface area contributed by atoms with Gasteiger partial charge < -0.3 is 4.74 Å². The van der Waals surface area contributed by atoms with Crippen LogP contribution in [0, 0.1) is 0 Å². The second kappa shape index (κ2) is 6.25. The molecular formula is C18H14N4OS. The van der Waals surface area contributed by atoms with E-state index in [1.54, 1.807) is 11.6 Å². The van der Waals surface area contributed by atoms with Gasteiger partial charge in [0.2, 0.25) is 4.96 Å². The lowest BCUT2D eigenvalue weighted by Crippen LogP contribution is -1.90. The van der Waals surface area contributed by atoms with E-state index in [1.807, 2.05) is 66.7 Å². The first-order valence-electron chi connectivity index (χ1n) is 7.43. The molecule has 2 heterocycles. The van der Waals surface area contributed by atoms with E-state index < -0.39 is 0 Å². The molecule has 0 aliphatic heterocycles.